The van der Waals surface area contributed by atoms with Crippen molar-refractivity contribution in [2.45, 2.75) is 126 Å². The highest BCUT2D eigenvalue weighted by molar-refractivity contribution is 5.33. The fraction of sp³-hybridized carbons (Fsp3) is 0.818. The second-order valence-electron chi connectivity index (χ2n) is 14.2. The van der Waals surface area contributed by atoms with Crippen LogP contribution >= 0.6 is 0 Å². The maximum atomic E-state index is 3.88. The standard InChI is InChI=1S/C33H54/c1-9-10-13-24(2)14-11-15-25(3)26-18-22-33(8)28-16-17-29-30(4,5)20-12-21-31(29,6)27(28)19-23-32(26,33)7/h9,14,16,25-27,29H,1,10-13,15,17-23H2,2-8H3/b24-14+/t25-,26+,27+,29+,31-,32+,33-/m1/s1. The summed E-state index contributed by atoms with van der Waals surface area (Å²) in [5.74, 6) is 3.45. The molecule has 4 aliphatic carbocycles. The Morgan fingerprint density at radius 1 is 1.06 bits per heavy atom. The van der Waals surface area contributed by atoms with Crippen LogP contribution in [0.2, 0.25) is 0 Å². The summed E-state index contributed by atoms with van der Waals surface area (Å²) in [6, 6.07) is 0. The van der Waals surface area contributed by atoms with Crippen LogP contribution in [0.3, 0.4) is 0 Å². The number of rotatable bonds is 7. The summed E-state index contributed by atoms with van der Waals surface area (Å²) >= 11 is 0. The van der Waals surface area contributed by atoms with Gasteiger partial charge < -0.3 is 0 Å². The van der Waals surface area contributed by atoms with Crippen molar-refractivity contribution in [3.63, 3.8) is 0 Å². The smallest absolute Gasteiger partial charge is 0.00568 e. The average molecular weight is 451 g/mol. The molecule has 0 radical (unpaired) electrons. The minimum Gasteiger partial charge on any atom is -0.103 e. The minimum absolute atomic E-state index is 0.431. The van der Waals surface area contributed by atoms with E-state index in [0.717, 1.165) is 30.1 Å². The van der Waals surface area contributed by atoms with Gasteiger partial charge in [-0.1, -0.05) is 77.3 Å². The van der Waals surface area contributed by atoms with Gasteiger partial charge in [0.05, 0.1) is 0 Å². The Labute approximate surface area is 206 Å². The molecule has 7 atom stereocenters. The highest BCUT2D eigenvalue weighted by Gasteiger charge is 2.64. The normalized spacial score (nSPS) is 43.2. The van der Waals surface area contributed by atoms with Crippen molar-refractivity contribution in [2.75, 3.05) is 0 Å². The van der Waals surface area contributed by atoms with E-state index in [4.69, 9.17) is 0 Å². The predicted octanol–water partition coefficient (Wildman–Crippen LogP) is 10.3. The van der Waals surface area contributed by atoms with Crippen LogP contribution in [0.4, 0.5) is 0 Å². The summed E-state index contributed by atoms with van der Waals surface area (Å²) < 4.78 is 0. The van der Waals surface area contributed by atoms with Crippen LogP contribution < -0.4 is 0 Å². The summed E-state index contributed by atoms with van der Waals surface area (Å²) in [6.07, 6.45) is 23.7. The molecule has 0 bridgehead atoms. The van der Waals surface area contributed by atoms with Gasteiger partial charge in [0.1, 0.15) is 0 Å². The first-order valence-electron chi connectivity index (χ1n) is 14.5. The molecule has 0 amide bonds. The first-order chi connectivity index (χ1) is 15.5. The molecular formula is C33H54. The third-order valence-electron chi connectivity index (χ3n) is 12.2. The zero-order chi connectivity index (χ0) is 24.1. The Morgan fingerprint density at radius 3 is 2.55 bits per heavy atom. The Morgan fingerprint density at radius 2 is 1.82 bits per heavy atom. The summed E-state index contributed by atoms with van der Waals surface area (Å²) in [6.45, 7) is 22.0. The molecule has 0 nitrogen and oxygen atoms in total. The lowest BCUT2D eigenvalue weighted by Gasteiger charge is -2.63. The van der Waals surface area contributed by atoms with Crippen LogP contribution in [0.1, 0.15) is 126 Å². The third-order valence-corrected chi connectivity index (χ3v) is 12.2. The third kappa shape index (κ3) is 4.04. The van der Waals surface area contributed by atoms with E-state index in [-0.39, 0.29) is 0 Å². The molecule has 0 saturated heterocycles. The van der Waals surface area contributed by atoms with Crippen molar-refractivity contribution in [3.8, 4) is 0 Å². The van der Waals surface area contributed by atoms with E-state index in [1.54, 1.807) is 5.57 Å². The number of hydrogen-bond donors (Lipinski definition) is 0. The fourth-order valence-corrected chi connectivity index (χ4v) is 9.98. The molecule has 3 fully saturated rings. The Kier molecular flexibility index (Phi) is 6.92. The highest BCUT2D eigenvalue weighted by Crippen LogP contribution is 2.73. The lowest BCUT2D eigenvalue weighted by Crippen LogP contribution is -2.55. The van der Waals surface area contributed by atoms with Crippen molar-refractivity contribution in [3.05, 3.63) is 36.0 Å². The molecule has 33 heavy (non-hydrogen) atoms. The van der Waals surface area contributed by atoms with Crippen LogP contribution in [-0.2, 0) is 0 Å². The zero-order valence-electron chi connectivity index (χ0n) is 23.2. The molecule has 0 aromatic carbocycles. The SMILES string of the molecule is C=CCC/C(C)=C/CC[C@@H](C)[C@@H]1CC[C@]2(C)C3=CC[C@H]4C(C)(C)CCC[C@]4(C)[C@H]3CC[C@@]12C. The van der Waals surface area contributed by atoms with Gasteiger partial charge in [0.25, 0.3) is 0 Å². The van der Waals surface area contributed by atoms with E-state index < -0.39 is 0 Å². The molecule has 0 unspecified atom stereocenters. The van der Waals surface area contributed by atoms with Gasteiger partial charge in [0.2, 0.25) is 0 Å². The molecule has 0 aliphatic heterocycles. The molecule has 0 aromatic rings. The van der Waals surface area contributed by atoms with E-state index in [9.17, 15) is 0 Å². The molecule has 0 N–H and O–H groups in total. The Bertz CT molecular complexity index is 795. The quantitative estimate of drug-likeness (QED) is 0.338. The molecule has 0 heteroatoms. The van der Waals surface area contributed by atoms with Crippen molar-refractivity contribution in [1.82, 2.24) is 0 Å². The largest absolute Gasteiger partial charge is 0.103 e. The maximum absolute atomic E-state index is 3.88. The topological polar surface area (TPSA) is 0 Å². The van der Waals surface area contributed by atoms with E-state index in [2.05, 4.69) is 67.2 Å². The number of hydrogen-bond acceptors (Lipinski definition) is 0. The van der Waals surface area contributed by atoms with Gasteiger partial charge in [0.15, 0.2) is 0 Å². The van der Waals surface area contributed by atoms with Gasteiger partial charge in [-0.15, -0.1) is 6.58 Å². The van der Waals surface area contributed by atoms with E-state index in [1.807, 2.05) is 11.6 Å². The van der Waals surface area contributed by atoms with Gasteiger partial charge in [-0.25, -0.2) is 0 Å². The maximum Gasteiger partial charge on any atom is -0.00568 e. The monoisotopic (exact) mass is 450 g/mol. The predicted molar refractivity (Wildman–Crippen MR) is 145 cm³/mol. The molecule has 0 spiro atoms. The second kappa shape index (κ2) is 9.02. The summed E-state index contributed by atoms with van der Waals surface area (Å²) in [5, 5.41) is 0. The summed E-state index contributed by atoms with van der Waals surface area (Å²) in [5.41, 5.74) is 5.44. The van der Waals surface area contributed by atoms with Crippen molar-refractivity contribution in [1.29, 1.82) is 0 Å². The molecule has 0 heterocycles. The van der Waals surface area contributed by atoms with E-state index >= 15 is 0 Å². The molecule has 4 aliphatic rings. The van der Waals surface area contributed by atoms with Gasteiger partial charge in [-0.3, -0.25) is 0 Å². The van der Waals surface area contributed by atoms with E-state index in [0.29, 0.717) is 21.7 Å². The van der Waals surface area contributed by atoms with Crippen molar-refractivity contribution < 1.29 is 0 Å². The zero-order valence-corrected chi connectivity index (χ0v) is 23.2. The van der Waals surface area contributed by atoms with Crippen LogP contribution in [-0.4, -0.2) is 0 Å². The summed E-state index contributed by atoms with van der Waals surface area (Å²) in [7, 11) is 0. The minimum atomic E-state index is 0.431. The Hall–Kier alpha value is -0.780. The van der Waals surface area contributed by atoms with Gasteiger partial charge >= 0.3 is 0 Å². The van der Waals surface area contributed by atoms with Crippen molar-refractivity contribution in [2.24, 2.45) is 45.3 Å². The first-order valence-corrected chi connectivity index (χ1v) is 14.5. The average Bonchev–Trinajstić information content (AvgIpc) is 3.03. The van der Waals surface area contributed by atoms with Crippen molar-refractivity contribution >= 4 is 0 Å². The Balaban J connectivity index is 1.52. The first kappa shape index (κ1) is 25.3. The molecule has 186 valence electrons. The number of allylic oxidation sites excluding steroid dienone is 5. The lowest BCUT2D eigenvalue weighted by molar-refractivity contribution is -0.0798. The van der Waals surface area contributed by atoms with Crippen LogP contribution in [0.15, 0.2) is 36.0 Å². The molecule has 4 rings (SSSR count). The van der Waals surface area contributed by atoms with Crippen LogP contribution in [0.5, 0.6) is 0 Å². The van der Waals surface area contributed by atoms with Gasteiger partial charge in [-0.2, -0.15) is 0 Å². The van der Waals surface area contributed by atoms with E-state index in [1.165, 1.54) is 70.6 Å². The van der Waals surface area contributed by atoms with Crippen LogP contribution in [0.25, 0.3) is 0 Å². The van der Waals surface area contributed by atoms with Gasteiger partial charge in [0, 0.05) is 0 Å². The van der Waals surface area contributed by atoms with Crippen LogP contribution in [0, 0.1) is 45.3 Å². The number of fused-ring (bicyclic) bond motifs is 5. The lowest BCUT2D eigenvalue weighted by atomic mass is 9.41. The highest BCUT2D eigenvalue weighted by atomic mass is 14.7. The molecule has 3 saturated carbocycles. The fourth-order valence-electron chi connectivity index (χ4n) is 9.98. The summed E-state index contributed by atoms with van der Waals surface area (Å²) in [4.78, 5) is 0. The van der Waals surface area contributed by atoms with Gasteiger partial charge in [-0.05, 0) is 123 Å². The second-order valence-corrected chi connectivity index (χ2v) is 14.2. The molecule has 0 aromatic heterocycles. The molecular weight excluding hydrogens is 396 g/mol.